The van der Waals surface area contributed by atoms with Crippen LogP contribution < -0.4 is 11.1 Å². The minimum Gasteiger partial charge on any atom is -0.383 e. The van der Waals surface area contributed by atoms with Crippen LogP contribution in [0.5, 0.6) is 0 Å². The molecule has 18 heavy (non-hydrogen) atoms. The number of nitrogens with zero attached hydrogens (tertiary/aromatic N) is 3. The highest BCUT2D eigenvalue weighted by Gasteiger charge is 2.12. The average molecular weight is 263 g/mol. The van der Waals surface area contributed by atoms with E-state index in [-0.39, 0.29) is 5.92 Å². The molecule has 0 saturated carbocycles. The fourth-order valence-electron chi connectivity index (χ4n) is 1.78. The molecule has 2 aromatic rings. The van der Waals surface area contributed by atoms with E-state index in [0.29, 0.717) is 12.4 Å². The van der Waals surface area contributed by atoms with Crippen molar-refractivity contribution in [1.82, 2.24) is 15.0 Å². The molecule has 0 aliphatic carbocycles. The monoisotopic (exact) mass is 263 g/mol. The first-order chi connectivity index (χ1) is 8.58. The molecule has 0 spiro atoms. The summed E-state index contributed by atoms with van der Waals surface area (Å²) in [5.41, 5.74) is 7.87. The van der Waals surface area contributed by atoms with E-state index < -0.39 is 0 Å². The van der Waals surface area contributed by atoms with Gasteiger partial charge in [0.1, 0.15) is 18.0 Å². The summed E-state index contributed by atoms with van der Waals surface area (Å²) < 4.78 is 0. The highest BCUT2D eigenvalue weighted by atomic mass is 32.1. The Morgan fingerprint density at radius 3 is 2.78 bits per heavy atom. The Kier molecular flexibility index (Phi) is 3.76. The predicted molar refractivity (Wildman–Crippen MR) is 74.7 cm³/mol. The SMILES string of the molecule is Cc1nc(CNc2ncnc(N)c2C(C)C)cs1. The van der Waals surface area contributed by atoms with Gasteiger partial charge in [-0.15, -0.1) is 11.3 Å². The summed E-state index contributed by atoms with van der Waals surface area (Å²) in [5, 5.41) is 6.39. The Bertz CT molecular complexity index is 535. The molecular formula is C12H17N5S. The van der Waals surface area contributed by atoms with E-state index in [1.54, 1.807) is 11.3 Å². The summed E-state index contributed by atoms with van der Waals surface area (Å²) in [5.74, 6) is 1.62. The van der Waals surface area contributed by atoms with Crippen molar-refractivity contribution in [3.05, 3.63) is 28.0 Å². The van der Waals surface area contributed by atoms with Crippen LogP contribution in [0, 0.1) is 6.92 Å². The molecule has 5 nitrogen and oxygen atoms in total. The van der Waals surface area contributed by atoms with Crippen molar-refractivity contribution in [3.63, 3.8) is 0 Å². The lowest BCUT2D eigenvalue weighted by atomic mass is 10.0. The summed E-state index contributed by atoms with van der Waals surface area (Å²) in [7, 11) is 0. The number of anilines is 2. The zero-order valence-electron chi connectivity index (χ0n) is 10.8. The fourth-order valence-corrected chi connectivity index (χ4v) is 2.40. The normalized spacial score (nSPS) is 10.9. The van der Waals surface area contributed by atoms with Crippen LogP contribution in [-0.2, 0) is 6.54 Å². The Labute approximate surface area is 111 Å². The van der Waals surface area contributed by atoms with Crippen LogP contribution in [0.1, 0.15) is 36.0 Å². The number of nitrogens with one attached hydrogen (secondary N) is 1. The number of aryl methyl sites for hydroxylation is 1. The third-order valence-electron chi connectivity index (χ3n) is 2.60. The number of rotatable bonds is 4. The quantitative estimate of drug-likeness (QED) is 0.886. The van der Waals surface area contributed by atoms with Gasteiger partial charge in [-0.3, -0.25) is 0 Å². The van der Waals surface area contributed by atoms with Crippen molar-refractivity contribution < 1.29 is 0 Å². The number of nitrogen functional groups attached to an aromatic ring is 1. The number of thiazole rings is 1. The fraction of sp³-hybridized carbons (Fsp3) is 0.417. The maximum atomic E-state index is 5.89. The maximum Gasteiger partial charge on any atom is 0.135 e. The van der Waals surface area contributed by atoms with Gasteiger partial charge in [-0.2, -0.15) is 0 Å². The van der Waals surface area contributed by atoms with E-state index in [2.05, 4.69) is 34.1 Å². The largest absolute Gasteiger partial charge is 0.383 e. The smallest absolute Gasteiger partial charge is 0.135 e. The molecule has 6 heteroatoms. The van der Waals surface area contributed by atoms with Gasteiger partial charge in [0, 0.05) is 10.9 Å². The molecule has 0 saturated heterocycles. The highest BCUT2D eigenvalue weighted by Crippen LogP contribution is 2.26. The minimum atomic E-state index is 0.283. The van der Waals surface area contributed by atoms with E-state index in [1.165, 1.54) is 6.33 Å². The molecule has 0 aliphatic rings. The van der Waals surface area contributed by atoms with E-state index in [4.69, 9.17) is 5.73 Å². The summed E-state index contributed by atoms with van der Waals surface area (Å²) >= 11 is 1.64. The Hall–Kier alpha value is -1.69. The second kappa shape index (κ2) is 5.30. The Balaban J connectivity index is 2.16. The van der Waals surface area contributed by atoms with Crippen LogP contribution >= 0.6 is 11.3 Å². The highest BCUT2D eigenvalue weighted by molar-refractivity contribution is 7.09. The molecule has 0 aromatic carbocycles. The van der Waals surface area contributed by atoms with Crippen molar-refractivity contribution in [2.75, 3.05) is 11.1 Å². The molecule has 0 bridgehead atoms. The molecule has 3 N–H and O–H groups in total. The van der Waals surface area contributed by atoms with Crippen molar-refractivity contribution >= 4 is 23.0 Å². The second-order valence-electron chi connectivity index (χ2n) is 4.39. The van der Waals surface area contributed by atoms with Gasteiger partial charge in [-0.25, -0.2) is 15.0 Å². The summed E-state index contributed by atoms with van der Waals surface area (Å²) in [6.07, 6.45) is 1.48. The minimum absolute atomic E-state index is 0.283. The average Bonchev–Trinajstić information content (AvgIpc) is 2.72. The third kappa shape index (κ3) is 2.76. The Morgan fingerprint density at radius 2 is 2.17 bits per heavy atom. The molecule has 0 fully saturated rings. The van der Waals surface area contributed by atoms with Crippen molar-refractivity contribution in [3.8, 4) is 0 Å². The molecule has 0 aliphatic heterocycles. The molecule has 0 unspecified atom stereocenters. The predicted octanol–water partition coefficient (Wildman–Crippen LogP) is 2.56. The Morgan fingerprint density at radius 1 is 1.39 bits per heavy atom. The third-order valence-corrected chi connectivity index (χ3v) is 3.42. The first kappa shape index (κ1) is 12.8. The molecule has 2 heterocycles. The number of hydrogen-bond donors (Lipinski definition) is 2. The molecule has 2 aromatic heterocycles. The van der Waals surface area contributed by atoms with Gasteiger partial charge >= 0.3 is 0 Å². The van der Waals surface area contributed by atoms with E-state index in [0.717, 1.165) is 22.1 Å². The molecule has 0 atom stereocenters. The van der Waals surface area contributed by atoms with Gasteiger partial charge < -0.3 is 11.1 Å². The van der Waals surface area contributed by atoms with Crippen LogP contribution in [0.15, 0.2) is 11.7 Å². The molecule has 0 amide bonds. The maximum absolute atomic E-state index is 5.89. The lowest BCUT2D eigenvalue weighted by Gasteiger charge is -2.14. The van der Waals surface area contributed by atoms with Crippen LogP contribution in [0.25, 0.3) is 0 Å². The van der Waals surface area contributed by atoms with E-state index in [9.17, 15) is 0 Å². The summed E-state index contributed by atoms with van der Waals surface area (Å²) in [6, 6.07) is 0. The molecule has 0 radical (unpaired) electrons. The van der Waals surface area contributed by atoms with Crippen molar-refractivity contribution in [2.45, 2.75) is 33.2 Å². The van der Waals surface area contributed by atoms with E-state index >= 15 is 0 Å². The standard InChI is InChI=1S/C12H17N5S/c1-7(2)10-11(13)15-6-16-12(10)14-4-9-5-18-8(3)17-9/h5-7H,4H2,1-3H3,(H3,13,14,15,16). The van der Waals surface area contributed by atoms with Gasteiger partial charge in [-0.05, 0) is 12.8 Å². The summed E-state index contributed by atoms with van der Waals surface area (Å²) in [4.78, 5) is 12.7. The van der Waals surface area contributed by atoms with Crippen LogP contribution in [0.2, 0.25) is 0 Å². The number of hydrogen-bond acceptors (Lipinski definition) is 6. The lowest BCUT2D eigenvalue weighted by Crippen LogP contribution is -2.09. The number of nitrogens with two attached hydrogens (primary N) is 1. The van der Waals surface area contributed by atoms with E-state index in [1.807, 2.05) is 12.3 Å². The molecular weight excluding hydrogens is 246 g/mol. The van der Waals surface area contributed by atoms with Crippen molar-refractivity contribution in [2.24, 2.45) is 0 Å². The number of aromatic nitrogens is 3. The zero-order valence-corrected chi connectivity index (χ0v) is 11.6. The van der Waals surface area contributed by atoms with Gasteiger partial charge in [0.15, 0.2) is 0 Å². The second-order valence-corrected chi connectivity index (χ2v) is 5.45. The van der Waals surface area contributed by atoms with Crippen LogP contribution in [-0.4, -0.2) is 15.0 Å². The van der Waals surface area contributed by atoms with Gasteiger partial charge in [0.25, 0.3) is 0 Å². The van der Waals surface area contributed by atoms with Crippen molar-refractivity contribution in [1.29, 1.82) is 0 Å². The van der Waals surface area contributed by atoms with Gasteiger partial charge in [0.05, 0.1) is 17.2 Å². The van der Waals surface area contributed by atoms with Crippen LogP contribution in [0.4, 0.5) is 11.6 Å². The van der Waals surface area contributed by atoms with Gasteiger partial charge in [0.2, 0.25) is 0 Å². The zero-order chi connectivity index (χ0) is 13.1. The van der Waals surface area contributed by atoms with Gasteiger partial charge in [-0.1, -0.05) is 13.8 Å². The first-order valence-corrected chi connectivity index (χ1v) is 6.71. The molecule has 2 rings (SSSR count). The van der Waals surface area contributed by atoms with Crippen LogP contribution in [0.3, 0.4) is 0 Å². The first-order valence-electron chi connectivity index (χ1n) is 5.83. The topological polar surface area (TPSA) is 76.7 Å². The lowest BCUT2D eigenvalue weighted by molar-refractivity contribution is 0.848. The summed E-state index contributed by atoms with van der Waals surface area (Å²) in [6.45, 7) is 6.80. The molecule has 96 valence electrons.